The largest absolute Gasteiger partial charge is 0.222 e. The van der Waals surface area contributed by atoms with E-state index in [1.807, 2.05) is 0 Å². The third-order valence-electron chi connectivity index (χ3n) is 1.09. The maximum absolute atomic E-state index is 12.9. The summed E-state index contributed by atoms with van der Waals surface area (Å²) in [5.74, 6) is -0.921. The summed E-state index contributed by atoms with van der Waals surface area (Å²) in [7, 11) is 0. The van der Waals surface area contributed by atoms with Crippen molar-refractivity contribution in [3.05, 3.63) is 26.7 Å². The minimum Gasteiger partial charge on any atom is -0.222 e. The third-order valence-corrected chi connectivity index (χ3v) is 2.15. The molecule has 0 unspecified atom stereocenters. The number of rotatable bonds is 0. The van der Waals surface area contributed by atoms with Gasteiger partial charge >= 0.3 is 0 Å². The van der Waals surface area contributed by atoms with Crippen molar-refractivity contribution >= 4 is 34.8 Å². The van der Waals surface area contributed by atoms with Crippen LogP contribution in [0.4, 0.5) is 4.39 Å². The summed E-state index contributed by atoms with van der Waals surface area (Å²) < 4.78 is 12.9. The summed E-state index contributed by atoms with van der Waals surface area (Å²) in [5.41, 5.74) is -0.274. The Balaban J connectivity index is 3.52. The van der Waals surface area contributed by atoms with Crippen LogP contribution in [0.3, 0.4) is 0 Å². The van der Waals surface area contributed by atoms with Crippen molar-refractivity contribution in [1.82, 2.24) is 4.98 Å². The van der Waals surface area contributed by atoms with E-state index in [9.17, 15) is 4.39 Å². The summed E-state index contributed by atoms with van der Waals surface area (Å²) in [6, 6.07) is 1.58. The van der Waals surface area contributed by atoms with Crippen molar-refractivity contribution in [2.75, 3.05) is 0 Å². The molecule has 0 spiro atoms. The van der Waals surface area contributed by atoms with Gasteiger partial charge in [0.15, 0.2) is 16.7 Å². The molecular formula is C6Cl3FN2. The van der Waals surface area contributed by atoms with E-state index >= 15 is 0 Å². The SMILES string of the molecule is N#Cc1nc(Cl)c(Cl)c(F)c1Cl. The van der Waals surface area contributed by atoms with E-state index < -0.39 is 10.8 Å². The van der Waals surface area contributed by atoms with Crippen LogP contribution in [0.25, 0.3) is 0 Å². The molecule has 0 aromatic carbocycles. The van der Waals surface area contributed by atoms with Gasteiger partial charge in [-0.1, -0.05) is 34.8 Å². The van der Waals surface area contributed by atoms with Gasteiger partial charge in [-0.2, -0.15) is 5.26 Å². The van der Waals surface area contributed by atoms with Gasteiger partial charge in [-0.25, -0.2) is 9.37 Å². The van der Waals surface area contributed by atoms with Crippen LogP contribution >= 0.6 is 34.8 Å². The molecule has 0 saturated heterocycles. The summed E-state index contributed by atoms with van der Waals surface area (Å²) in [4.78, 5) is 3.45. The van der Waals surface area contributed by atoms with Crippen LogP contribution in [0, 0.1) is 17.1 Å². The molecule has 0 aliphatic carbocycles. The first-order valence-corrected chi connectivity index (χ1v) is 3.81. The van der Waals surface area contributed by atoms with E-state index in [1.54, 1.807) is 6.07 Å². The first-order chi connectivity index (χ1) is 5.57. The second-order valence-corrected chi connectivity index (χ2v) is 2.92. The summed E-state index contributed by atoms with van der Waals surface area (Å²) in [6.07, 6.45) is 0. The van der Waals surface area contributed by atoms with Crippen molar-refractivity contribution in [1.29, 1.82) is 5.26 Å². The van der Waals surface area contributed by atoms with Crippen molar-refractivity contribution < 1.29 is 4.39 Å². The number of pyridine rings is 1. The average molecular weight is 225 g/mol. The molecule has 1 rings (SSSR count). The zero-order valence-electron chi connectivity index (χ0n) is 5.41. The van der Waals surface area contributed by atoms with Gasteiger partial charge in [0, 0.05) is 0 Å². The van der Waals surface area contributed by atoms with Crippen molar-refractivity contribution in [2.45, 2.75) is 0 Å². The Morgan fingerprint density at radius 1 is 1.25 bits per heavy atom. The molecular weight excluding hydrogens is 225 g/mol. The minimum atomic E-state index is -0.921. The summed E-state index contributed by atoms with van der Waals surface area (Å²) >= 11 is 16.1. The molecule has 0 radical (unpaired) electrons. The van der Waals surface area contributed by atoms with Crippen LogP contribution in [0.2, 0.25) is 15.2 Å². The smallest absolute Gasteiger partial charge is 0.166 e. The van der Waals surface area contributed by atoms with E-state index in [0.717, 1.165) is 0 Å². The van der Waals surface area contributed by atoms with Crippen LogP contribution < -0.4 is 0 Å². The molecule has 1 aromatic rings. The lowest BCUT2D eigenvalue weighted by molar-refractivity contribution is 0.626. The van der Waals surface area contributed by atoms with Crippen LogP contribution in [-0.4, -0.2) is 4.98 Å². The van der Waals surface area contributed by atoms with E-state index in [2.05, 4.69) is 4.98 Å². The fourth-order valence-corrected chi connectivity index (χ4v) is 1.09. The van der Waals surface area contributed by atoms with Gasteiger partial charge in [0.25, 0.3) is 0 Å². The Morgan fingerprint density at radius 2 is 1.83 bits per heavy atom. The number of hydrogen-bond acceptors (Lipinski definition) is 2. The van der Waals surface area contributed by atoms with Gasteiger partial charge in [-0.05, 0) is 0 Å². The number of nitrogens with zero attached hydrogens (tertiary/aromatic N) is 2. The highest BCUT2D eigenvalue weighted by Crippen LogP contribution is 2.29. The van der Waals surface area contributed by atoms with Crippen molar-refractivity contribution in [2.24, 2.45) is 0 Å². The highest BCUT2D eigenvalue weighted by atomic mass is 35.5. The number of aromatic nitrogens is 1. The normalized spacial score (nSPS) is 9.58. The van der Waals surface area contributed by atoms with Gasteiger partial charge in [0.1, 0.15) is 16.1 Å². The molecule has 62 valence electrons. The minimum absolute atomic E-state index is 0.268. The zero-order valence-corrected chi connectivity index (χ0v) is 7.67. The maximum Gasteiger partial charge on any atom is 0.166 e. The van der Waals surface area contributed by atoms with Gasteiger partial charge < -0.3 is 0 Å². The predicted octanol–water partition coefficient (Wildman–Crippen LogP) is 3.05. The average Bonchev–Trinajstić information content (AvgIpc) is 2.08. The Morgan fingerprint density at radius 3 is 2.33 bits per heavy atom. The zero-order chi connectivity index (χ0) is 9.30. The summed E-state index contributed by atoms with van der Waals surface area (Å²) in [5, 5.41) is 7.34. The monoisotopic (exact) mass is 224 g/mol. The molecule has 0 saturated carbocycles. The van der Waals surface area contributed by atoms with Gasteiger partial charge in [-0.15, -0.1) is 0 Å². The van der Waals surface area contributed by atoms with Crippen LogP contribution in [0.1, 0.15) is 5.69 Å². The summed E-state index contributed by atoms with van der Waals surface area (Å²) in [6.45, 7) is 0. The molecule has 2 nitrogen and oxygen atoms in total. The molecule has 6 heteroatoms. The quantitative estimate of drug-likeness (QED) is 0.636. The Hall–Kier alpha value is -0.560. The maximum atomic E-state index is 12.9. The Labute approximate surface area is 82.5 Å². The lowest BCUT2D eigenvalue weighted by Gasteiger charge is -1.99. The topological polar surface area (TPSA) is 36.7 Å². The fraction of sp³-hybridized carbons (Fsp3) is 0. The first-order valence-electron chi connectivity index (χ1n) is 2.68. The molecule has 12 heavy (non-hydrogen) atoms. The van der Waals surface area contributed by atoms with E-state index in [4.69, 9.17) is 40.1 Å². The molecule has 1 aromatic heterocycles. The van der Waals surface area contributed by atoms with Crippen molar-refractivity contribution in [3.8, 4) is 6.07 Å². The second kappa shape index (κ2) is 3.44. The third kappa shape index (κ3) is 1.46. The molecule has 0 atom stereocenters. The van der Waals surface area contributed by atoms with E-state index in [1.165, 1.54) is 0 Å². The second-order valence-electron chi connectivity index (χ2n) is 1.80. The fourth-order valence-electron chi connectivity index (χ4n) is 0.561. The van der Waals surface area contributed by atoms with Crippen molar-refractivity contribution in [3.63, 3.8) is 0 Å². The lowest BCUT2D eigenvalue weighted by Crippen LogP contribution is -1.91. The van der Waals surface area contributed by atoms with E-state index in [0.29, 0.717) is 0 Å². The first kappa shape index (κ1) is 9.53. The molecule has 0 aliphatic heterocycles. The highest BCUT2D eigenvalue weighted by molar-refractivity contribution is 6.42. The number of halogens is 4. The predicted molar refractivity (Wildman–Crippen MR) is 43.9 cm³/mol. The standard InChI is InChI=1S/C6Cl3FN2/c7-3-2(1-11)12-6(9)4(8)5(3)10. The van der Waals surface area contributed by atoms with Crippen LogP contribution in [0.5, 0.6) is 0 Å². The molecule has 1 heterocycles. The number of hydrogen-bond donors (Lipinski definition) is 0. The van der Waals surface area contributed by atoms with Gasteiger partial charge in [0.05, 0.1) is 0 Å². The molecule has 0 N–H and O–H groups in total. The van der Waals surface area contributed by atoms with Gasteiger partial charge in [0.2, 0.25) is 0 Å². The Kier molecular flexibility index (Phi) is 2.73. The van der Waals surface area contributed by atoms with Crippen LogP contribution in [-0.2, 0) is 0 Å². The molecule has 0 amide bonds. The highest BCUT2D eigenvalue weighted by Gasteiger charge is 2.15. The molecule has 0 bridgehead atoms. The molecule has 0 fully saturated rings. The van der Waals surface area contributed by atoms with Gasteiger partial charge in [-0.3, -0.25) is 0 Å². The number of nitriles is 1. The van der Waals surface area contributed by atoms with Crippen LogP contribution in [0.15, 0.2) is 0 Å². The lowest BCUT2D eigenvalue weighted by atomic mass is 10.3. The molecule has 0 aliphatic rings. The van der Waals surface area contributed by atoms with E-state index in [-0.39, 0.29) is 15.9 Å². The Bertz CT molecular complexity index is 372.